The number of carbonyl (C=O) groups is 3. The summed E-state index contributed by atoms with van der Waals surface area (Å²) in [7, 11) is 0. The first kappa shape index (κ1) is 13.4. The molecule has 1 aromatic carbocycles. The Morgan fingerprint density at radius 1 is 1.32 bits per heavy atom. The average molecular weight is 315 g/mol. The Balaban J connectivity index is 1.68. The summed E-state index contributed by atoms with van der Waals surface area (Å²) in [5.41, 5.74) is 3.13. The van der Waals surface area contributed by atoms with Gasteiger partial charge in [0.05, 0.1) is 22.1 Å². The van der Waals surface area contributed by atoms with Crippen molar-refractivity contribution in [3.8, 4) is 0 Å². The standard InChI is InChI=1S/C15H13N3O3S/c19-13-6-11(14(20)17-13)18(9-2-3-9)15(21)8-1-4-10-12(5-8)22-7-16-10/h1,4-5,7,9,11H,2-3,6H2,(H,17,19,20)/t11-/m0/s1. The van der Waals surface area contributed by atoms with E-state index in [4.69, 9.17) is 0 Å². The third-order valence-electron chi connectivity index (χ3n) is 4.03. The van der Waals surface area contributed by atoms with E-state index in [0.717, 1.165) is 23.1 Å². The van der Waals surface area contributed by atoms with Crippen LogP contribution in [0, 0.1) is 0 Å². The summed E-state index contributed by atoms with van der Waals surface area (Å²) in [5, 5.41) is 2.28. The largest absolute Gasteiger partial charge is 0.323 e. The minimum absolute atomic E-state index is 0.0594. The van der Waals surface area contributed by atoms with Gasteiger partial charge in [-0.25, -0.2) is 4.98 Å². The smallest absolute Gasteiger partial charge is 0.254 e. The highest BCUT2D eigenvalue weighted by Crippen LogP contribution is 2.32. The summed E-state index contributed by atoms with van der Waals surface area (Å²) in [4.78, 5) is 42.0. The number of nitrogens with one attached hydrogen (secondary N) is 1. The molecule has 1 saturated carbocycles. The minimum atomic E-state index is -0.676. The van der Waals surface area contributed by atoms with Gasteiger partial charge in [0.1, 0.15) is 6.04 Å². The number of fused-ring (bicyclic) bond motifs is 1. The van der Waals surface area contributed by atoms with E-state index in [0.29, 0.717) is 5.56 Å². The lowest BCUT2D eigenvalue weighted by atomic mass is 10.1. The molecule has 0 spiro atoms. The van der Waals surface area contributed by atoms with E-state index < -0.39 is 6.04 Å². The molecule has 0 radical (unpaired) electrons. The van der Waals surface area contributed by atoms with Gasteiger partial charge in [-0.2, -0.15) is 0 Å². The third-order valence-corrected chi connectivity index (χ3v) is 4.82. The molecule has 0 unspecified atom stereocenters. The summed E-state index contributed by atoms with van der Waals surface area (Å²) < 4.78 is 0.938. The summed E-state index contributed by atoms with van der Waals surface area (Å²) in [5.74, 6) is -0.872. The summed E-state index contributed by atoms with van der Waals surface area (Å²) in [6, 6.07) is 4.73. The molecule has 2 fully saturated rings. The zero-order valence-electron chi connectivity index (χ0n) is 11.6. The number of rotatable bonds is 3. The lowest BCUT2D eigenvalue weighted by molar-refractivity contribution is -0.126. The molecular formula is C15H13N3O3S. The number of hydrogen-bond donors (Lipinski definition) is 1. The second kappa shape index (κ2) is 4.88. The van der Waals surface area contributed by atoms with Gasteiger partial charge in [-0.1, -0.05) is 0 Å². The maximum absolute atomic E-state index is 12.8. The van der Waals surface area contributed by atoms with E-state index in [-0.39, 0.29) is 30.2 Å². The quantitative estimate of drug-likeness (QED) is 0.866. The first-order chi connectivity index (χ1) is 10.6. The van der Waals surface area contributed by atoms with Crippen molar-refractivity contribution in [2.45, 2.75) is 31.3 Å². The van der Waals surface area contributed by atoms with Crippen molar-refractivity contribution in [2.24, 2.45) is 0 Å². The van der Waals surface area contributed by atoms with Crippen molar-refractivity contribution < 1.29 is 14.4 Å². The second-order valence-corrected chi connectivity index (χ2v) is 6.50. The maximum Gasteiger partial charge on any atom is 0.254 e. The molecule has 7 heteroatoms. The molecule has 1 aromatic heterocycles. The van der Waals surface area contributed by atoms with Crippen LogP contribution < -0.4 is 5.32 Å². The van der Waals surface area contributed by atoms with Gasteiger partial charge < -0.3 is 4.90 Å². The lowest BCUT2D eigenvalue weighted by Crippen LogP contribution is -2.45. The Morgan fingerprint density at radius 3 is 2.82 bits per heavy atom. The van der Waals surface area contributed by atoms with Crippen LogP contribution in [0.25, 0.3) is 10.2 Å². The molecule has 0 bridgehead atoms. The fourth-order valence-corrected chi connectivity index (χ4v) is 3.53. The van der Waals surface area contributed by atoms with Crippen molar-refractivity contribution in [1.82, 2.24) is 15.2 Å². The van der Waals surface area contributed by atoms with Crippen LogP contribution in [-0.2, 0) is 9.59 Å². The fourth-order valence-electron chi connectivity index (χ4n) is 2.82. The van der Waals surface area contributed by atoms with E-state index in [2.05, 4.69) is 10.3 Å². The van der Waals surface area contributed by atoms with Crippen molar-refractivity contribution in [2.75, 3.05) is 0 Å². The van der Waals surface area contributed by atoms with E-state index in [1.807, 2.05) is 6.07 Å². The third kappa shape index (κ3) is 2.18. The Kier molecular flexibility index (Phi) is 2.97. The molecule has 4 rings (SSSR count). The van der Waals surface area contributed by atoms with Crippen LogP contribution in [0.4, 0.5) is 0 Å². The normalized spacial score (nSPS) is 21.2. The van der Waals surface area contributed by atoms with Crippen LogP contribution in [0.1, 0.15) is 29.6 Å². The van der Waals surface area contributed by atoms with Gasteiger partial charge in [-0.3, -0.25) is 19.7 Å². The van der Waals surface area contributed by atoms with E-state index >= 15 is 0 Å². The number of carbonyl (C=O) groups excluding carboxylic acids is 3. The molecule has 2 aliphatic rings. The molecule has 1 atom stereocenters. The predicted octanol–water partition coefficient (Wildman–Crippen LogP) is 1.32. The Bertz CT molecular complexity index is 796. The Labute approximate surface area is 130 Å². The van der Waals surface area contributed by atoms with Crippen molar-refractivity contribution >= 4 is 39.3 Å². The van der Waals surface area contributed by atoms with Gasteiger partial charge >= 0.3 is 0 Å². The second-order valence-electron chi connectivity index (χ2n) is 5.61. The number of aromatic nitrogens is 1. The number of nitrogens with zero attached hydrogens (tertiary/aromatic N) is 2. The molecule has 22 heavy (non-hydrogen) atoms. The SMILES string of the molecule is O=C1C[C@H](N(C(=O)c2ccc3ncsc3c2)C2CC2)C(=O)N1. The number of hydrogen-bond acceptors (Lipinski definition) is 5. The molecule has 2 heterocycles. The molecule has 3 amide bonds. The highest BCUT2D eigenvalue weighted by molar-refractivity contribution is 7.16. The molecule has 1 N–H and O–H groups in total. The number of imide groups is 1. The van der Waals surface area contributed by atoms with Gasteiger partial charge in [0.25, 0.3) is 5.91 Å². The van der Waals surface area contributed by atoms with E-state index in [9.17, 15) is 14.4 Å². The van der Waals surface area contributed by atoms with Crippen LogP contribution in [0.5, 0.6) is 0 Å². The number of amides is 3. The van der Waals surface area contributed by atoms with Gasteiger partial charge in [0, 0.05) is 11.6 Å². The zero-order valence-corrected chi connectivity index (χ0v) is 12.4. The Morgan fingerprint density at radius 2 is 2.14 bits per heavy atom. The summed E-state index contributed by atoms with van der Waals surface area (Å²) >= 11 is 1.47. The highest BCUT2D eigenvalue weighted by Gasteiger charge is 2.44. The molecule has 1 aliphatic heterocycles. The van der Waals surface area contributed by atoms with Gasteiger partial charge in [-0.05, 0) is 31.0 Å². The van der Waals surface area contributed by atoms with Crippen LogP contribution in [-0.4, -0.2) is 39.7 Å². The topological polar surface area (TPSA) is 79.4 Å². The minimum Gasteiger partial charge on any atom is -0.323 e. The van der Waals surface area contributed by atoms with Crippen LogP contribution >= 0.6 is 11.3 Å². The summed E-state index contributed by atoms with van der Waals surface area (Å²) in [6.45, 7) is 0. The van der Waals surface area contributed by atoms with E-state index in [1.54, 1.807) is 22.5 Å². The molecule has 6 nitrogen and oxygen atoms in total. The van der Waals surface area contributed by atoms with Gasteiger partial charge in [0.2, 0.25) is 11.8 Å². The zero-order chi connectivity index (χ0) is 15.3. The van der Waals surface area contributed by atoms with Crippen molar-refractivity contribution in [1.29, 1.82) is 0 Å². The first-order valence-corrected chi connectivity index (χ1v) is 8.01. The maximum atomic E-state index is 12.8. The lowest BCUT2D eigenvalue weighted by Gasteiger charge is -2.26. The molecular weight excluding hydrogens is 302 g/mol. The molecule has 112 valence electrons. The van der Waals surface area contributed by atoms with E-state index in [1.165, 1.54) is 11.3 Å². The average Bonchev–Trinajstić information content (AvgIpc) is 3.11. The monoisotopic (exact) mass is 315 g/mol. The highest BCUT2D eigenvalue weighted by atomic mass is 32.1. The molecule has 1 saturated heterocycles. The van der Waals surface area contributed by atoms with Crippen LogP contribution in [0.15, 0.2) is 23.7 Å². The molecule has 2 aromatic rings. The molecule has 1 aliphatic carbocycles. The van der Waals surface area contributed by atoms with Gasteiger partial charge in [0.15, 0.2) is 0 Å². The first-order valence-electron chi connectivity index (χ1n) is 7.13. The Hall–Kier alpha value is -2.28. The predicted molar refractivity (Wildman–Crippen MR) is 80.4 cm³/mol. The van der Waals surface area contributed by atoms with Crippen molar-refractivity contribution in [3.05, 3.63) is 29.3 Å². The van der Waals surface area contributed by atoms with Gasteiger partial charge in [-0.15, -0.1) is 11.3 Å². The van der Waals surface area contributed by atoms with Crippen LogP contribution in [0.2, 0.25) is 0 Å². The van der Waals surface area contributed by atoms with Crippen LogP contribution in [0.3, 0.4) is 0 Å². The summed E-state index contributed by atoms with van der Waals surface area (Å²) in [6.07, 6.45) is 1.82. The number of benzene rings is 1. The number of thiazole rings is 1. The van der Waals surface area contributed by atoms with Crippen molar-refractivity contribution in [3.63, 3.8) is 0 Å². The fraction of sp³-hybridized carbons (Fsp3) is 0.333.